The molecule has 2 aromatic heterocycles. The van der Waals surface area contributed by atoms with Crippen LogP contribution in [0.3, 0.4) is 0 Å². The van der Waals surface area contributed by atoms with Gasteiger partial charge in [-0.1, -0.05) is 18.6 Å². The summed E-state index contributed by atoms with van der Waals surface area (Å²) < 4.78 is 20.7. The predicted octanol–water partition coefficient (Wildman–Crippen LogP) is 3.75. The first-order valence-electron chi connectivity index (χ1n) is 10.8. The van der Waals surface area contributed by atoms with Gasteiger partial charge in [0.1, 0.15) is 5.82 Å². The smallest absolute Gasteiger partial charge is 0.216 e. The van der Waals surface area contributed by atoms with Crippen molar-refractivity contribution in [2.45, 2.75) is 32.2 Å². The van der Waals surface area contributed by atoms with Gasteiger partial charge in [-0.25, -0.2) is 9.37 Å². The fourth-order valence-corrected chi connectivity index (χ4v) is 4.51. The summed E-state index contributed by atoms with van der Waals surface area (Å²) in [5.74, 6) is 0.797. The number of hydrogen-bond acceptors (Lipinski definition) is 5. The molecule has 0 aliphatic carbocycles. The average molecular weight is 410 g/mol. The van der Waals surface area contributed by atoms with Gasteiger partial charge >= 0.3 is 0 Å². The molecule has 0 radical (unpaired) electrons. The molecule has 2 fully saturated rings. The maximum atomic E-state index is 13.7. The maximum absolute atomic E-state index is 13.7. The number of morpholine rings is 1. The van der Waals surface area contributed by atoms with Crippen LogP contribution >= 0.6 is 0 Å². The molecule has 0 spiro atoms. The lowest BCUT2D eigenvalue weighted by Gasteiger charge is -2.30. The summed E-state index contributed by atoms with van der Waals surface area (Å²) in [6, 6.07) is 8.51. The van der Waals surface area contributed by atoms with Crippen molar-refractivity contribution in [3.05, 3.63) is 42.4 Å². The van der Waals surface area contributed by atoms with E-state index in [1.807, 2.05) is 29.0 Å². The molecule has 0 saturated carbocycles. The van der Waals surface area contributed by atoms with Crippen LogP contribution in [0.1, 0.15) is 25.0 Å². The van der Waals surface area contributed by atoms with E-state index in [9.17, 15) is 4.39 Å². The van der Waals surface area contributed by atoms with E-state index in [1.165, 1.54) is 30.5 Å². The third kappa shape index (κ3) is 3.91. The van der Waals surface area contributed by atoms with Gasteiger partial charge in [0, 0.05) is 37.3 Å². The molecule has 0 amide bonds. The minimum atomic E-state index is -1.25. The Hall–Kier alpha value is -2.51. The van der Waals surface area contributed by atoms with Crippen LogP contribution in [0.5, 0.6) is 0 Å². The number of halogens is 1. The summed E-state index contributed by atoms with van der Waals surface area (Å²) >= 11 is 0. The highest BCUT2D eigenvalue weighted by Crippen LogP contribution is 2.30. The minimum absolute atomic E-state index is 0.223. The van der Waals surface area contributed by atoms with E-state index in [-0.39, 0.29) is 6.54 Å². The molecular weight excluding hydrogens is 381 g/mol. The normalized spacial score (nSPS) is 20.7. The molecule has 158 valence electrons. The molecule has 5 rings (SSSR count). The third-order valence-electron chi connectivity index (χ3n) is 6.25. The number of anilines is 1. The number of hydrogen-bond donors (Lipinski definition) is 0. The van der Waals surface area contributed by atoms with Gasteiger partial charge in [-0.2, -0.15) is 5.10 Å². The number of aromatic nitrogens is 3. The number of aryl methyl sites for hydroxylation is 1. The summed E-state index contributed by atoms with van der Waals surface area (Å²) in [6.45, 7) is 4.51. The van der Waals surface area contributed by atoms with Crippen molar-refractivity contribution < 1.29 is 9.13 Å². The Morgan fingerprint density at radius 2 is 1.93 bits per heavy atom. The molecule has 1 unspecified atom stereocenters. The van der Waals surface area contributed by atoms with E-state index < -0.39 is 6.36 Å². The molecule has 1 aromatic carbocycles. The molecule has 3 aromatic rings. The van der Waals surface area contributed by atoms with Crippen molar-refractivity contribution in [3.8, 4) is 11.1 Å². The fourth-order valence-electron chi connectivity index (χ4n) is 4.51. The van der Waals surface area contributed by atoms with Crippen molar-refractivity contribution in [1.29, 1.82) is 0 Å². The molecule has 2 aliphatic rings. The van der Waals surface area contributed by atoms with Crippen LogP contribution in [0, 0.1) is 0 Å². The first kappa shape index (κ1) is 19.5. The quantitative estimate of drug-likeness (QED) is 0.657. The zero-order chi connectivity index (χ0) is 20.5. The highest BCUT2D eigenvalue weighted by Gasteiger charge is 2.21. The molecule has 0 bridgehead atoms. The molecule has 2 aliphatic heterocycles. The molecule has 4 heterocycles. The Labute approximate surface area is 176 Å². The van der Waals surface area contributed by atoms with Gasteiger partial charge in [-0.15, -0.1) is 0 Å². The van der Waals surface area contributed by atoms with Crippen LogP contribution in [0.4, 0.5) is 10.2 Å². The fraction of sp³-hybridized carbons (Fsp3) is 0.478. The van der Waals surface area contributed by atoms with Crippen molar-refractivity contribution in [3.63, 3.8) is 0 Å². The number of fused-ring (bicyclic) bond motifs is 1. The number of pyridine rings is 1. The third-order valence-corrected chi connectivity index (χ3v) is 6.25. The predicted molar refractivity (Wildman–Crippen MR) is 116 cm³/mol. The van der Waals surface area contributed by atoms with E-state index in [4.69, 9.17) is 4.74 Å². The SMILES string of the molecule is Cn1ncc(-c2ccc3cnc(N4CCOC(F)C4)cc3c2)c1CN1CCCCC1. The van der Waals surface area contributed by atoms with Crippen molar-refractivity contribution in [2.24, 2.45) is 7.05 Å². The van der Waals surface area contributed by atoms with Crippen LogP contribution in [0.15, 0.2) is 36.7 Å². The highest BCUT2D eigenvalue weighted by atomic mass is 19.1. The largest absolute Gasteiger partial charge is 0.349 e. The molecule has 6 nitrogen and oxygen atoms in total. The summed E-state index contributed by atoms with van der Waals surface area (Å²) in [5, 5.41) is 6.73. The van der Waals surface area contributed by atoms with Crippen molar-refractivity contribution >= 4 is 16.6 Å². The lowest BCUT2D eigenvalue weighted by atomic mass is 10.0. The number of piperidine rings is 1. The second-order valence-corrected chi connectivity index (χ2v) is 8.30. The Morgan fingerprint density at radius 1 is 1.07 bits per heavy atom. The van der Waals surface area contributed by atoms with Gasteiger partial charge in [0.25, 0.3) is 0 Å². The van der Waals surface area contributed by atoms with Crippen LogP contribution in [-0.4, -0.2) is 58.8 Å². The van der Waals surface area contributed by atoms with E-state index in [0.29, 0.717) is 13.2 Å². The summed E-state index contributed by atoms with van der Waals surface area (Å²) in [6.07, 6.45) is 6.48. The van der Waals surface area contributed by atoms with Crippen molar-refractivity contribution in [2.75, 3.05) is 37.7 Å². The monoisotopic (exact) mass is 409 g/mol. The molecule has 0 N–H and O–H groups in total. The minimum Gasteiger partial charge on any atom is -0.349 e. The Kier molecular flexibility index (Phi) is 5.39. The van der Waals surface area contributed by atoms with Crippen molar-refractivity contribution in [1.82, 2.24) is 19.7 Å². The van der Waals surface area contributed by atoms with Crippen LogP contribution in [0.25, 0.3) is 21.9 Å². The topological polar surface area (TPSA) is 46.4 Å². The van der Waals surface area contributed by atoms with E-state index in [2.05, 4.69) is 39.2 Å². The number of ether oxygens (including phenoxy) is 1. The number of alkyl halides is 1. The number of likely N-dealkylation sites (tertiary alicyclic amines) is 1. The Balaban J connectivity index is 1.46. The standard InChI is InChI=1S/C23H28FN5O/c1-27-21(15-28-7-3-2-4-8-28)20(14-26-27)17-5-6-18-13-25-23(12-19(18)11-17)29-9-10-30-22(24)16-29/h5-6,11-14,22H,2-4,7-10,15-16H2,1H3. The first-order valence-corrected chi connectivity index (χ1v) is 10.8. The zero-order valence-electron chi connectivity index (χ0n) is 17.4. The maximum Gasteiger partial charge on any atom is 0.216 e. The molecule has 30 heavy (non-hydrogen) atoms. The Bertz CT molecular complexity index is 1030. The van der Waals surface area contributed by atoms with Gasteiger partial charge in [0.05, 0.1) is 25.0 Å². The first-order chi connectivity index (χ1) is 14.7. The summed E-state index contributed by atoms with van der Waals surface area (Å²) in [7, 11) is 2.03. The molecule has 2 saturated heterocycles. The summed E-state index contributed by atoms with van der Waals surface area (Å²) in [4.78, 5) is 9.02. The number of nitrogens with zero attached hydrogens (tertiary/aromatic N) is 5. The van der Waals surface area contributed by atoms with Gasteiger partial charge in [-0.05, 0) is 49.0 Å². The summed E-state index contributed by atoms with van der Waals surface area (Å²) in [5.41, 5.74) is 3.59. The van der Waals surface area contributed by atoms with E-state index in [1.54, 1.807) is 0 Å². The Morgan fingerprint density at radius 3 is 2.77 bits per heavy atom. The lowest BCUT2D eigenvalue weighted by Crippen LogP contribution is -2.40. The highest BCUT2D eigenvalue weighted by molar-refractivity contribution is 5.88. The van der Waals surface area contributed by atoms with Gasteiger partial charge in [-0.3, -0.25) is 9.58 Å². The van der Waals surface area contributed by atoms with E-state index >= 15 is 0 Å². The van der Waals surface area contributed by atoms with Crippen LogP contribution in [0.2, 0.25) is 0 Å². The van der Waals surface area contributed by atoms with Gasteiger partial charge in [0.2, 0.25) is 6.36 Å². The second-order valence-electron chi connectivity index (χ2n) is 8.30. The number of benzene rings is 1. The molecular formula is C23H28FN5O. The average Bonchev–Trinajstić information content (AvgIpc) is 3.14. The van der Waals surface area contributed by atoms with Crippen LogP contribution in [-0.2, 0) is 18.3 Å². The van der Waals surface area contributed by atoms with E-state index in [0.717, 1.165) is 41.8 Å². The number of rotatable bonds is 4. The van der Waals surface area contributed by atoms with Gasteiger partial charge in [0.15, 0.2) is 0 Å². The molecule has 1 atom stereocenters. The van der Waals surface area contributed by atoms with Gasteiger partial charge < -0.3 is 9.64 Å². The molecule has 7 heteroatoms. The van der Waals surface area contributed by atoms with Crippen LogP contribution < -0.4 is 4.90 Å². The lowest BCUT2D eigenvalue weighted by molar-refractivity contribution is -0.0467. The zero-order valence-corrected chi connectivity index (χ0v) is 17.4. The second kappa shape index (κ2) is 8.32.